The van der Waals surface area contributed by atoms with Gasteiger partial charge >= 0.3 is 0 Å². The van der Waals surface area contributed by atoms with Crippen LogP contribution in [0.25, 0.3) is 11.3 Å². The number of benzene rings is 1. The lowest BCUT2D eigenvalue weighted by atomic mass is 10.2. The van der Waals surface area contributed by atoms with Crippen LogP contribution < -0.4 is 5.73 Å². The quantitative estimate of drug-likeness (QED) is 0.944. The Morgan fingerprint density at radius 1 is 1.41 bits per heavy atom. The Bertz CT molecular complexity index is 512. The summed E-state index contributed by atoms with van der Waals surface area (Å²) in [7, 11) is 0. The predicted molar refractivity (Wildman–Crippen MR) is 71.8 cm³/mol. The molecule has 1 aromatic heterocycles. The summed E-state index contributed by atoms with van der Waals surface area (Å²) in [5.74, 6) is 0. The first-order valence-corrected chi connectivity index (χ1v) is 6.43. The minimum Gasteiger partial charge on any atom is -0.330 e. The molecule has 2 aromatic rings. The van der Waals surface area contributed by atoms with E-state index in [1.54, 1.807) is 4.68 Å². The number of nitrogens with two attached hydrogens (primary N) is 1. The first kappa shape index (κ1) is 12.5. The number of nitrogens with zero attached hydrogens (tertiary/aromatic N) is 3. The van der Waals surface area contributed by atoms with Gasteiger partial charge in [-0.15, -0.1) is 5.10 Å². The monoisotopic (exact) mass is 314 g/mol. The zero-order chi connectivity index (χ0) is 12.3. The lowest BCUT2D eigenvalue weighted by Crippen LogP contribution is -2.06. The van der Waals surface area contributed by atoms with Crippen LogP contribution in [0.2, 0.25) is 5.02 Å². The van der Waals surface area contributed by atoms with Gasteiger partial charge in [-0.25, -0.2) is 0 Å². The van der Waals surface area contributed by atoms with Crippen molar-refractivity contribution in [2.75, 3.05) is 6.54 Å². The van der Waals surface area contributed by atoms with Crippen molar-refractivity contribution in [1.29, 1.82) is 0 Å². The highest BCUT2D eigenvalue weighted by atomic mass is 79.9. The molecule has 0 radical (unpaired) electrons. The van der Waals surface area contributed by atoms with Crippen LogP contribution in [0.1, 0.15) is 6.42 Å². The normalized spacial score (nSPS) is 10.8. The van der Waals surface area contributed by atoms with Gasteiger partial charge in [-0.05, 0) is 41.0 Å². The number of hydrogen-bond acceptors (Lipinski definition) is 3. The molecular weight excluding hydrogens is 304 g/mol. The van der Waals surface area contributed by atoms with E-state index in [0.29, 0.717) is 11.6 Å². The largest absolute Gasteiger partial charge is 0.330 e. The van der Waals surface area contributed by atoms with Crippen molar-refractivity contribution in [1.82, 2.24) is 15.0 Å². The molecule has 2 rings (SSSR count). The molecule has 0 amide bonds. The average Bonchev–Trinajstić information content (AvgIpc) is 2.79. The molecule has 0 bridgehead atoms. The summed E-state index contributed by atoms with van der Waals surface area (Å²) in [5.41, 5.74) is 7.22. The van der Waals surface area contributed by atoms with Crippen molar-refractivity contribution >= 4 is 27.5 Å². The van der Waals surface area contributed by atoms with E-state index < -0.39 is 0 Å². The molecule has 0 fully saturated rings. The molecule has 0 unspecified atom stereocenters. The zero-order valence-corrected chi connectivity index (χ0v) is 11.4. The van der Waals surface area contributed by atoms with E-state index in [2.05, 4.69) is 26.2 Å². The standard InChI is InChI=1S/C11H12BrClN4/c12-9-3-2-8(6-10(9)13)11-7-17(16-15-11)5-1-4-14/h2-3,6-7H,1,4-5,14H2. The molecule has 4 nitrogen and oxygen atoms in total. The average molecular weight is 316 g/mol. The third-order valence-corrected chi connectivity index (χ3v) is 3.58. The summed E-state index contributed by atoms with van der Waals surface area (Å²) >= 11 is 9.39. The van der Waals surface area contributed by atoms with Crippen LogP contribution in [-0.2, 0) is 6.54 Å². The fourth-order valence-corrected chi connectivity index (χ4v) is 1.88. The molecule has 1 heterocycles. The second-order valence-corrected chi connectivity index (χ2v) is 4.90. The van der Waals surface area contributed by atoms with Gasteiger partial charge in [-0.2, -0.15) is 0 Å². The van der Waals surface area contributed by atoms with E-state index in [9.17, 15) is 0 Å². The molecule has 1 aromatic carbocycles. The summed E-state index contributed by atoms with van der Waals surface area (Å²) in [6, 6.07) is 5.72. The highest BCUT2D eigenvalue weighted by Gasteiger charge is 2.05. The van der Waals surface area contributed by atoms with E-state index in [4.69, 9.17) is 17.3 Å². The molecule has 90 valence electrons. The van der Waals surface area contributed by atoms with Gasteiger partial charge in [0.1, 0.15) is 5.69 Å². The van der Waals surface area contributed by atoms with E-state index in [1.165, 1.54) is 0 Å². The Labute approximate surface area is 113 Å². The Morgan fingerprint density at radius 3 is 2.94 bits per heavy atom. The molecule has 0 atom stereocenters. The summed E-state index contributed by atoms with van der Waals surface area (Å²) in [6.45, 7) is 1.44. The molecule has 0 saturated heterocycles. The maximum Gasteiger partial charge on any atom is 0.113 e. The first-order valence-electron chi connectivity index (χ1n) is 5.26. The Balaban J connectivity index is 2.21. The maximum absolute atomic E-state index is 6.04. The highest BCUT2D eigenvalue weighted by Crippen LogP contribution is 2.27. The van der Waals surface area contributed by atoms with Crippen LogP contribution >= 0.6 is 27.5 Å². The van der Waals surface area contributed by atoms with Gasteiger partial charge in [0.05, 0.1) is 11.2 Å². The van der Waals surface area contributed by atoms with Crippen molar-refractivity contribution < 1.29 is 0 Å². The molecule has 6 heteroatoms. The fraction of sp³-hybridized carbons (Fsp3) is 0.273. The minimum atomic E-state index is 0.652. The van der Waals surface area contributed by atoms with Crippen molar-refractivity contribution in [3.63, 3.8) is 0 Å². The molecule has 0 aliphatic rings. The van der Waals surface area contributed by atoms with Crippen LogP contribution in [0.15, 0.2) is 28.9 Å². The van der Waals surface area contributed by atoms with Gasteiger partial charge in [-0.1, -0.05) is 22.9 Å². The van der Waals surface area contributed by atoms with Crippen LogP contribution in [-0.4, -0.2) is 21.5 Å². The third-order valence-electron chi connectivity index (χ3n) is 2.35. The lowest BCUT2D eigenvalue weighted by Gasteiger charge is -1.99. The summed E-state index contributed by atoms with van der Waals surface area (Å²) in [4.78, 5) is 0. The van der Waals surface area contributed by atoms with E-state index >= 15 is 0 Å². The zero-order valence-electron chi connectivity index (χ0n) is 9.11. The second kappa shape index (κ2) is 5.62. The number of aromatic nitrogens is 3. The lowest BCUT2D eigenvalue weighted by molar-refractivity contribution is 0.564. The van der Waals surface area contributed by atoms with Crippen molar-refractivity contribution in [2.45, 2.75) is 13.0 Å². The predicted octanol–water partition coefficient (Wildman–Crippen LogP) is 2.71. The number of halogens is 2. The smallest absolute Gasteiger partial charge is 0.113 e. The molecule has 0 aliphatic heterocycles. The molecule has 0 spiro atoms. The Morgan fingerprint density at radius 2 is 2.24 bits per heavy atom. The number of rotatable bonds is 4. The van der Waals surface area contributed by atoms with E-state index in [0.717, 1.165) is 28.7 Å². The second-order valence-electron chi connectivity index (χ2n) is 3.64. The highest BCUT2D eigenvalue weighted by molar-refractivity contribution is 9.10. The van der Waals surface area contributed by atoms with Crippen molar-refractivity contribution in [3.8, 4) is 11.3 Å². The van der Waals surface area contributed by atoms with Crippen molar-refractivity contribution in [2.24, 2.45) is 5.73 Å². The van der Waals surface area contributed by atoms with Gasteiger partial charge in [0.15, 0.2) is 0 Å². The topological polar surface area (TPSA) is 56.7 Å². The van der Waals surface area contributed by atoms with Crippen LogP contribution in [0.3, 0.4) is 0 Å². The maximum atomic E-state index is 6.04. The molecule has 0 aliphatic carbocycles. The van der Waals surface area contributed by atoms with Crippen LogP contribution in [0.5, 0.6) is 0 Å². The third kappa shape index (κ3) is 3.06. The van der Waals surface area contributed by atoms with Crippen LogP contribution in [0.4, 0.5) is 0 Å². The van der Waals surface area contributed by atoms with Gasteiger partial charge in [0.25, 0.3) is 0 Å². The number of aryl methyl sites for hydroxylation is 1. The minimum absolute atomic E-state index is 0.652. The Kier molecular flexibility index (Phi) is 4.15. The molecule has 2 N–H and O–H groups in total. The van der Waals surface area contributed by atoms with Gasteiger partial charge in [-0.3, -0.25) is 4.68 Å². The first-order chi connectivity index (χ1) is 8.20. The summed E-state index contributed by atoms with van der Waals surface area (Å²) < 4.78 is 2.66. The van der Waals surface area contributed by atoms with Crippen LogP contribution in [0, 0.1) is 0 Å². The van der Waals surface area contributed by atoms with Gasteiger partial charge in [0.2, 0.25) is 0 Å². The molecular formula is C11H12BrClN4. The fourth-order valence-electron chi connectivity index (χ4n) is 1.45. The van der Waals surface area contributed by atoms with Gasteiger partial charge in [0, 0.05) is 16.6 Å². The van der Waals surface area contributed by atoms with E-state index in [-0.39, 0.29) is 0 Å². The van der Waals surface area contributed by atoms with Crippen molar-refractivity contribution in [3.05, 3.63) is 33.9 Å². The SMILES string of the molecule is NCCCn1cc(-c2ccc(Br)c(Cl)c2)nn1. The summed E-state index contributed by atoms with van der Waals surface area (Å²) in [6.07, 6.45) is 2.79. The summed E-state index contributed by atoms with van der Waals surface area (Å²) in [5, 5.41) is 8.81. The Hall–Kier alpha value is -0.910. The van der Waals surface area contributed by atoms with E-state index in [1.807, 2.05) is 24.4 Å². The van der Waals surface area contributed by atoms with Gasteiger partial charge < -0.3 is 5.73 Å². The molecule has 17 heavy (non-hydrogen) atoms. The molecule has 0 saturated carbocycles. The number of hydrogen-bond donors (Lipinski definition) is 1.